The summed E-state index contributed by atoms with van der Waals surface area (Å²) >= 11 is 0. The van der Waals surface area contributed by atoms with E-state index in [9.17, 15) is 4.79 Å². The predicted molar refractivity (Wildman–Crippen MR) is 89.2 cm³/mol. The summed E-state index contributed by atoms with van der Waals surface area (Å²) < 4.78 is 3.59. The van der Waals surface area contributed by atoms with Crippen LogP contribution < -0.4 is 5.32 Å². The van der Waals surface area contributed by atoms with Crippen molar-refractivity contribution in [3.8, 4) is 0 Å². The van der Waals surface area contributed by atoms with Gasteiger partial charge in [0.05, 0.1) is 6.20 Å². The SMILES string of the molecule is CN(C)Cc1ccc(CNC(=O)c2cnn3ccn(C)c23)cc1. The van der Waals surface area contributed by atoms with Crippen LogP contribution in [0.2, 0.25) is 0 Å². The van der Waals surface area contributed by atoms with Gasteiger partial charge in [0.25, 0.3) is 5.91 Å². The largest absolute Gasteiger partial charge is 0.348 e. The zero-order chi connectivity index (χ0) is 16.4. The molecular formula is C17H21N5O. The Morgan fingerprint density at radius 3 is 2.57 bits per heavy atom. The van der Waals surface area contributed by atoms with Crippen molar-refractivity contribution in [2.75, 3.05) is 14.1 Å². The topological polar surface area (TPSA) is 54.6 Å². The Balaban J connectivity index is 1.66. The number of imidazole rings is 1. The molecular weight excluding hydrogens is 290 g/mol. The van der Waals surface area contributed by atoms with Gasteiger partial charge in [-0.1, -0.05) is 24.3 Å². The van der Waals surface area contributed by atoms with Crippen LogP contribution in [0.15, 0.2) is 42.9 Å². The summed E-state index contributed by atoms with van der Waals surface area (Å²) in [7, 11) is 5.99. The van der Waals surface area contributed by atoms with Crippen LogP contribution in [0, 0.1) is 0 Å². The molecule has 0 unspecified atom stereocenters. The lowest BCUT2D eigenvalue weighted by molar-refractivity contribution is 0.0952. The Hall–Kier alpha value is -2.60. The monoisotopic (exact) mass is 311 g/mol. The molecule has 0 atom stereocenters. The molecule has 120 valence electrons. The summed E-state index contributed by atoms with van der Waals surface area (Å²) in [6, 6.07) is 8.29. The van der Waals surface area contributed by atoms with Crippen molar-refractivity contribution < 1.29 is 4.79 Å². The highest BCUT2D eigenvalue weighted by Crippen LogP contribution is 2.11. The number of nitrogens with one attached hydrogen (secondary N) is 1. The van der Waals surface area contributed by atoms with Crippen molar-refractivity contribution >= 4 is 11.6 Å². The Kier molecular flexibility index (Phi) is 4.16. The van der Waals surface area contributed by atoms with Crippen LogP contribution in [0.5, 0.6) is 0 Å². The molecule has 0 saturated heterocycles. The zero-order valence-electron chi connectivity index (χ0n) is 13.7. The number of nitrogens with zero attached hydrogens (tertiary/aromatic N) is 4. The molecule has 1 aromatic carbocycles. The summed E-state index contributed by atoms with van der Waals surface area (Å²) in [5.74, 6) is -0.112. The Morgan fingerprint density at radius 2 is 1.87 bits per heavy atom. The van der Waals surface area contributed by atoms with E-state index in [0.29, 0.717) is 12.1 Å². The summed E-state index contributed by atoms with van der Waals surface area (Å²) in [5.41, 5.74) is 3.72. The number of benzene rings is 1. The van der Waals surface area contributed by atoms with Crippen LogP contribution in [0.3, 0.4) is 0 Å². The average molecular weight is 311 g/mol. The van der Waals surface area contributed by atoms with Gasteiger partial charge in [-0.25, -0.2) is 4.52 Å². The van der Waals surface area contributed by atoms with Crippen molar-refractivity contribution in [1.29, 1.82) is 0 Å². The Labute approximate surface area is 135 Å². The number of hydrogen-bond donors (Lipinski definition) is 1. The molecule has 2 heterocycles. The van der Waals surface area contributed by atoms with Gasteiger partial charge in [0.15, 0.2) is 0 Å². The number of rotatable bonds is 5. The van der Waals surface area contributed by atoms with Crippen LogP contribution in [-0.4, -0.2) is 39.1 Å². The van der Waals surface area contributed by atoms with E-state index in [2.05, 4.69) is 39.6 Å². The minimum absolute atomic E-state index is 0.112. The fourth-order valence-corrected chi connectivity index (χ4v) is 2.62. The maximum atomic E-state index is 12.4. The van der Waals surface area contributed by atoms with Crippen LogP contribution >= 0.6 is 0 Å². The minimum atomic E-state index is -0.112. The molecule has 0 fully saturated rings. The smallest absolute Gasteiger partial charge is 0.256 e. The van der Waals surface area contributed by atoms with E-state index in [-0.39, 0.29) is 5.91 Å². The van der Waals surface area contributed by atoms with E-state index in [4.69, 9.17) is 0 Å². The second kappa shape index (κ2) is 6.26. The van der Waals surface area contributed by atoms with Gasteiger partial charge in [0.1, 0.15) is 11.2 Å². The zero-order valence-corrected chi connectivity index (χ0v) is 13.7. The number of carbonyl (C=O) groups is 1. The Bertz CT molecular complexity index is 813. The lowest BCUT2D eigenvalue weighted by atomic mass is 10.1. The summed E-state index contributed by atoms with van der Waals surface area (Å²) in [4.78, 5) is 14.5. The van der Waals surface area contributed by atoms with Gasteiger partial charge in [0.2, 0.25) is 0 Å². The summed E-state index contributed by atoms with van der Waals surface area (Å²) in [6.07, 6.45) is 5.31. The highest BCUT2D eigenvalue weighted by atomic mass is 16.1. The van der Waals surface area contributed by atoms with Crippen LogP contribution in [0.4, 0.5) is 0 Å². The number of amides is 1. The quantitative estimate of drug-likeness (QED) is 0.780. The molecule has 0 saturated carbocycles. The van der Waals surface area contributed by atoms with Gasteiger partial charge < -0.3 is 14.8 Å². The lowest BCUT2D eigenvalue weighted by Gasteiger charge is -2.10. The maximum Gasteiger partial charge on any atom is 0.256 e. The second-order valence-electron chi connectivity index (χ2n) is 5.97. The molecule has 0 bridgehead atoms. The third-order valence-electron chi connectivity index (χ3n) is 3.75. The predicted octanol–water partition coefficient (Wildman–Crippen LogP) is 1.66. The highest BCUT2D eigenvalue weighted by Gasteiger charge is 2.14. The number of carbonyl (C=O) groups excluding carboxylic acids is 1. The van der Waals surface area contributed by atoms with Gasteiger partial charge in [-0.05, 0) is 25.2 Å². The van der Waals surface area contributed by atoms with E-state index in [1.54, 1.807) is 10.7 Å². The van der Waals surface area contributed by atoms with Gasteiger partial charge in [-0.3, -0.25) is 4.79 Å². The molecule has 6 nitrogen and oxygen atoms in total. The van der Waals surface area contributed by atoms with Crippen molar-refractivity contribution in [2.24, 2.45) is 7.05 Å². The Morgan fingerprint density at radius 1 is 1.17 bits per heavy atom. The highest BCUT2D eigenvalue weighted by molar-refractivity contribution is 5.99. The fraction of sp³-hybridized carbons (Fsp3) is 0.294. The van der Waals surface area contributed by atoms with Gasteiger partial charge in [-0.15, -0.1) is 0 Å². The van der Waals surface area contributed by atoms with Crippen molar-refractivity contribution in [1.82, 2.24) is 24.4 Å². The van der Waals surface area contributed by atoms with Crippen LogP contribution in [-0.2, 0) is 20.1 Å². The van der Waals surface area contributed by atoms with E-state index in [1.807, 2.05) is 38.1 Å². The van der Waals surface area contributed by atoms with E-state index < -0.39 is 0 Å². The van der Waals surface area contributed by atoms with Gasteiger partial charge in [0, 0.05) is 32.5 Å². The first kappa shape index (κ1) is 15.3. The average Bonchev–Trinajstić information content (AvgIpc) is 3.09. The molecule has 6 heteroatoms. The van der Waals surface area contributed by atoms with E-state index >= 15 is 0 Å². The molecule has 0 radical (unpaired) electrons. The first-order valence-corrected chi connectivity index (χ1v) is 7.54. The molecule has 0 spiro atoms. The maximum absolute atomic E-state index is 12.4. The van der Waals surface area contributed by atoms with Crippen molar-refractivity contribution in [3.63, 3.8) is 0 Å². The van der Waals surface area contributed by atoms with Gasteiger partial charge in [-0.2, -0.15) is 5.10 Å². The number of fused-ring (bicyclic) bond motifs is 1. The molecule has 0 aliphatic rings. The van der Waals surface area contributed by atoms with E-state index in [1.165, 1.54) is 5.56 Å². The number of hydrogen-bond acceptors (Lipinski definition) is 3. The second-order valence-corrected chi connectivity index (χ2v) is 5.97. The van der Waals surface area contributed by atoms with Crippen LogP contribution in [0.25, 0.3) is 5.65 Å². The van der Waals surface area contributed by atoms with E-state index in [0.717, 1.165) is 17.8 Å². The molecule has 0 aliphatic carbocycles. The first-order valence-electron chi connectivity index (χ1n) is 7.54. The molecule has 2 aromatic heterocycles. The molecule has 23 heavy (non-hydrogen) atoms. The summed E-state index contributed by atoms with van der Waals surface area (Å²) in [6.45, 7) is 1.41. The molecule has 3 aromatic rings. The first-order chi connectivity index (χ1) is 11.0. The molecule has 1 N–H and O–H groups in total. The number of aromatic nitrogens is 3. The summed E-state index contributed by atoms with van der Waals surface area (Å²) in [5, 5.41) is 7.14. The standard InChI is InChI=1S/C17H21N5O/c1-20(2)12-14-6-4-13(5-7-14)10-18-16(23)15-11-19-22-9-8-21(3)17(15)22/h4-9,11H,10,12H2,1-3H3,(H,18,23). The lowest BCUT2D eigenvalue weighted by Crippen LogP contribution is -2.23. The third kappa shape index (κ3) is 3.27. The van der Waals surface area contributed by atoms with Crippen LogP contribution in [0.1, 0.15) is 21.5 Å². The number of aryl methyl sites for hydroxylation is 1. The van der Waals surface area contributed by atoms with Crippen molar-refractivity contribution in [2.45, 2.75) is 13.1 Å². The molecule has 3 rings (SSSR count). The third-order valence-corrected chi connectivity index (χ3v) is 3.75. The minimum Gasteiger partial charge on any atom is -0.348 e. The fourth-order valence-electron chi connectivity index (χ4n) is 2.62. The molecule has 1 amide bonds. The molecule has 0 aliphatic heterocycles. The normalized spacial score (nSPS) is 11.3. The van der Waals surface area contributed by atoms with Crippen molar-refractivity contribution in [3.05, 3.63) is 59.5 Å². The van der Waals surface area contributed by atoms with Gasteiger partial charge >= 0.3 is 0 Å².